The molecule has 2 aromatic rings. The van der Waals surface area contributed by atoms with Crippen LogP contribution >= 0.6 is 0 Å². The molecule has 1 N–H and O–H groups in total. The van der Waals surface area contributed by atoms with E-state index in [4.69, 9.17) is 0 Å². The van der Waals surface area contributed by atoms with Gasteiger partial charge in [0.05, 0.1) is 16.3 Å². The SMILES string of the molecule is CC(C)(C(=O)N1CCC(Cc2nc3ccccc3[nH]2)CC1)S(=O)(=O)C1CC1. The van der Waals surface area contributed by atoms with Crippen molar-refractivity contribution in [3.05, 3.63) is 30.1 Å². The fraction of sp³-hybridized carbons (Fsp3) is 0.600. The van der Waals surface area contributed by atoms with Crippen molar-refractivity contribution < 1.29 is 13.2 Å². The Morgan fingerprint density at radius 1 is 1.19 bits per heavy atom. The highest BCUT2D eigenvalue weighted by atomic mass is 32.2. The second kappa shape index (κ2) is 6.62. The Kier molecular flexibility index (Phi) is 4.53. The molecule has 7 heteroatoms. The second-order valence-corrected chi connectivity index (χ2v) is 11.2. The molecule has 2 aliphatic rings. The summed E-state index contributed by atoms with van der Waals surface area (Å²) in [6.07, 6.45) is 4.00. The molecule has 4 rings (SSSR count). The van der Waals surface area contributed by atoms with Gasteiger partial charge in [0, 0.05) is 19.5 Å². The van der Waals surface area contributed by atoms with Gasteiger partial charge in [-0.05, 0) is 57.6 Å². The Hall–Kier alpha value is -1.89. The molecule has 6 nitrogen and oxygen atoms in total. The number of aromatic amines is 1. The maximum absolute atomic E-state index is 12.9. The summed E-state index contributed by atoms with van der Waals surface area (Å²) in [5.41, 5.74) is 2.03. The van der Waals surface area contributed by atoms with E-state index in [-0.39, 0.29) is 11.2 Å². The summed E-state index contributed by atoms with van der Waals surface area (Å²) in [6, 6.07) is 7.99. The van der Waals surface area contributed by atoms with E-state index in [1.54, 1.807) is 18.7 Å². The maximum atomic E-state index is 12.9. The van der Waals surface area contributed by atoms with Gasteiger partial charge in [-0.3, -0.25) is 4.79 Å². The number of carbonyl (C=O) groups is 1. The number of hydrogen-bond acceptors (Lipinski definition) is 4. The normalized spacial score (nSPS) is 19.6. The molecule has 1 amide bonds. The first-order valence-electron chi connectivity index (χ1n) is 9.75. The van der Waals surface area contributed by atoms with Crippen molar-refractivity contribution in [2.24, 2.45) is 5.92 Å². The minimum atomic E-state index is -3.40. The van der Waals surface area contributed by atoms with Gasteiger partial charge in [-0.1, -0.05) is 12.1 Å². The molecule has 1 saturated carbocycles. The molecule has 0 unspecified atom stereocenters. The first-order valence-corrected chi connectivity index (χ1v) is 11.3. The van der Waals surface area contributed by atoms with E-state index in [2.05, 4.69) is 9.97 Å². The third-order valence-electron chi connectivity index (χ3n) is 6.01. The number of para-hydroxylation sites is 2. The quantitative estimate of drug-likeness (QED) is 0.852. The fourth-order valence-corrected chi connectivity index (χ4v) is 5.98. The molecular formula is C20H27N3O3S. The summed E-state index contributed by atoms with van der Waals surface area (Å²) in [5.74, 6) is 1.20. The zero-order chi connectivity index (χ0) is 19.2. The van der Waals surface area contributed by atoms with Crippen LogP contribution in [0.25, 0.3) is 11.0 Å². The molecule has 1 aliphatic carbocycles. The Morgan fingerprint density at radius 3 is 2.48 bits per heavy atom. The lowest BCUT2D eigenvalue weighted by atomic mass is 9.92. The van der Waals surface area contributed by atoms with Crippen LogP contribution in [0.3, 0.4) is 0 Å². The average Bonchev–Trinajstić information content (AvgIpc) is 3.43. The monoisotopic (exact) mass is 389 g/mol. The predicted octanol–water partition coefficient (Wildman–Crippen LogP) is 2.70. The molecule has 2 heterocycles. The molecule has 0 bridgehead atoms. The number of aromatic nitrogens is 2. The largest absolute Gasteiger partial charge is 0.342 e. The first-order chi connectivity index (χ1) is 12.8. The topological polar surface area (TPSA) is 83.1 Å². The minimum Gasteiger partial charge on any atom is -0.342 e. The van der Waals surface area contributed by atoms with Crippen LogP contribution in [-0.2, 0) is 21.1 Å². The molecule has 1 aliphatic heterocycles. The van der Waals surface area contributed by atoms with Gasteiger partial charge in [-0.2, -0.15) is 0 Å². The molecule has 27 heavy (non-hydrogen) atoms. The van der Waals surface area contributed by atoms with Crippen LogP contribution in [0.4, 0.5) is 0 Å². The van der Waals surface area contributed by atoms with Crippen molar-refractivity contribution in [1.82, 2.24) is 14.9 Å². The van der Waals surface area contributed by atoms with Gasteiger partial charge < -0.3 is 9.88 Å². The number of amides is 1. The van der Waals surface area contributed by atoms with Gasteiger partial charge in [0.25, 0.3) is 0 Å². The van der Waals surface area contributed by atoms with Crippen molar-refractivity contribution >= 4 is 26.8 Å². The van der Waals surface area contributed by atoms with E-state index in [0.717, 1.165) is 36.1 Å². The van der Waals surface area contributed by atoms with Crippen LogP contribution < -0.4 is 0 Å². The van der Waals surface area contributed by atoms with Gasteiger partial charge in [0.1, 0.15) is 10.6 Å². The summed E-state index contributed by atoms with van der Waals surface area (Å²) < 4.78 is 23.9. The van der Waals surface area contributed by atoms with Crippen molar-refractivity contribution in [1.29, 1.82) is 0 Å². The summed E-state index contributed by atoms with van der Waals surface area (Å²) in [7, 11) is -3.40. The number of rotatable bonds is 5. The van der Waals surface area contributed by atoms with Gasteiger partial charge in [0.2, 0.25) is 5.91 Å². The van der Waals surface area contributed by atoms with Gasteiger partial charge >= 0.3 is 0 Å². The van der Waals surface area contributed by atoms with E-state index in [0.29, 0.717) is 31.8 Å². The zero-order valence-electron chi connectivity index (χ0n) is 15.9. The molecule has 1 aromatic heterocycles. The maximum Gasteiger partial charge on any atom is 0.243 e. The molecule has 1 aromatic carbocycles. The number of hydrogen-bond donors (Lipinski definition) is 1. The van der Waals surface area contributed by atoms with E-state index in [1.807, 2.05) is 24.3 Å². The van der Waals surface area contributed by atoms with Crippen LogP contribution in [0, 0.1) is 5.92 Å². The van der Waals surface area contributed by atoms with Crippen LogP contribution in [0.1, 0.15) is 45.4 Å². The standard InChI is InChI=1S/C20H27N3O3S/c1-20(2,27(25,26)15-7-8-15)19(24)23-11-9-14(10-12-23)13-18-21-16-5-3-4-6-17(16)22-18/h3-6,14-15H,7-13H2,1-2H3,(H,21,22). The van der Waals surface area contributed by atoms with Gasteiger partial charge in [-0.25, -0.2) is 13.4 Å². The Morgan fingerprint density at radius 2 is 1.85 bits per heavy atom. The van der Waals surface area contributed by atoms with Crippen molar-refractivity contribution in [2.75, 3.05) is 13.1 Å². The molecule has 2 fully saturated rings. The number of likely N-dealkylation sites (tertiary alicyclic amines) is 1. The number of sulfone groups is 1. The minimum absolute atomic E-state index is 0.239. The number of carbonyl (C=O) groups excluding carboxylic acids is 1. The third kappa shape index (κ3) is 3.37. The van der Waals surface area contributed by atoms with Crippen LogP contribution in [0.15, 0.2) is 24.3 Å². The Balaban J connectivity index is 1.37. The summed E-state index contributed by atoms with van der Waals surface area (Å²) in [6.45, 7) is 4.38. The lowest BCUT2D eigenvalue weighted by Gasteiger charge is -2.36. The molecular weight excluding hydrogens is 362 g/mol. The highest BCUT2D eigenvalue weighted by Crippen LogP contribution is 2.37. The zero-order valence-corrected chi connectivity index (χ0v) is 16.8. The predicted molar refractivity (Wildman–Crippen MR) is 105 cm³/mol. The fourth-order valence-electron chi connectivity index (χ4n) is 4.01. The van der Waals surface area contributed by atoms with Crippen LogP contribution in [-0.4, -0.2) is 52.3 Å². The number of nitrogens with zero attached hydrogens (tertiary/aromatic N) is 2. The van der Waals surface area contributed by atoms with E-state index in [9.17, 15) is 13.2 Å². The Labute approximate surface area is 160 Å². The average molecular weight is 390 g/mol. The number of piperidine rings is 1. The number of fused-ring (bicyclic) bond motifs is 1. The highest BCUT2D eigenvalue weighted by Gasteiger charge is 2.51. The molecule has 1 saturated heterocycles. The van der Waals surface area contributed by atoms with Crippen LogP contribution in [0.2, 0.25) is 0 Å². The molecule has 0 radical (unpaired) electrons. The molecule has 0 atom stereocenters. The van der Waals surface area contributed by atoms with Crippen molar-refractivity contribution in [3.63, 3.8) is 0 Å². The van der Waals surface area contributed by atoms with Crippen LogP contribution in [0.5, 0.6) is 0 Å². The van der Waals surface area contributed by atoms with Crippen molar-refractivity contribution in [2.45, 2.75) is 55.9 Å². The van der Waals surface area contributed by atoms with Gasteiger partial charge in [0.15, 0.2) is 9.84 Å². The van der Waals surface area contributed by atoms with Crippen molar-refractivity contribution in [3.8, 4) is 0 Å². The summed E-state index contributed by atoms with van der Waals surface area (Å²) >= 11 is 0. The lowest BCUT2D eigenvalue weighted by Crippen LogP contribution is -2.53. The van der Waals surface area contributed by atoms with E-state index < -0.39 is 14.6 Å². The van der Waals surface area contributed by atoms with E-state index >= 15 is 0 Å². The second-order valence-electron chi connectivity index (χ2n) is 8.40. The Bertz CT molecular complexity index is 919. The highest BCUT2D eigenvalue weighted by molar-refractivity contribution is 7.94. The number of imidazole rings is 1. The number of nitrogens with one attached hydrogen (secondary N) is 1. The molecule has 0 spiro atoms. The van der Waals surface area contributed by atoms with E-state index in [1.165, 1.54) is 0 Å². The third-order valence-corrected chi connectivity index (χ3v) is 8.96. The number of H-pyrrole nitrogens is 1. The smallest absolute Gasteiger partial charge is 0.243 e. The van der Waals surface area contributed by atoms with Gasteiger partial charge in [-0.15, -0.1) is 0 Å². The summed E-state index contributed by atoms with van der Waals surface area (Å²) in [4.78, 5) is 22.7. The first kappa shape index (κ1) is 18.5. The number of benzene rings is 1. The summed E-state index contributed by atoms with van der Waals surface area (Å²) in [5, 5.41) is -0.318. The lowest BCUT2D eigenvalue weighted by molar-refractivity contribution is -0.134. The molecule has 146 valence electrons.